The van der Waals surface area contributed by atoms with E-state index in [1.54, 1.807) is 18.4 Å². The van der Waals surface area contributed by atoms with E-state index in [-0.39, 0.29) is 30.9 Å². The number of rotatable bonds is 11. The molecule has 0 radical (unpaired) electrons. The van der Waals surface area contributed by atoms with Gasteiger partial charge in [-0.15, -0.1) is 11.3 Å². The van der Waals surface area contributed by atoms with Crippen LogP contribution < -0.4 is 15.4 Å². The first kappa shape index (κ1) is 25.5. The molecule has 0 aliphatic heterocycles. The first-order valence-electron chi connectivity index (χ1n) is 11.4. The van der Waals surface area contributed by atoms with Gasteiger partial charge in [-0.3, -0.25) is 14.5 Å². The predicted molar refractivity (Wildman–Crippen MR) is 138 cm³/mol. The minimum atomic E-state index is -0.237. The Morgan fingerprint density at radius 3 is 2.32 bits per heavy atom. The number of aryl methyl sites for hydroxylation is 2. The summed E-state index contributed by atoms with van der Waals surface area (Å²) in [6.07, 6.45) is 0.855. The number of carbonyl (C=O) groups is 2. The van der Waals surface area contributed by atoms with Crippen molar-refractivity contribution in [2.45, 2.75) is 39.8 Å². The quantitative estimate of drug-likeness (QED) is 0.423. The maximum atomic E-state index is 12.8. The highest BCUT2D eigenvalue weighted by atomic mass is 32.1. The van der Waals surface area contributed by atoms with Crippen molar-refractivity contribution in [2.24, 2.45) is 0 Å². The number of thiophene rings is 1. The molecular weight excluding hydrogens is 446 g/mol. The summed E-state index contributed by atoms with van der Waals surface area (Å²) < 4.78 is 5.25. The lowest BCUT2D eigenvalue weighted by molar-refractivity contribution is -0.125. The lowest BCUT2D eigenvalue weighted by Crippen LogP contribution is -2.44. The second kappa shape index (κ2) is 12.3. The van der Waals surface area contributed by atoms with Crippen LogP contribution in [0.5, 0.6) is 5.75 Å². The molecule has 0 aliphatic rings. The van der Waals surface area contributed by atoms with Crippen molar-refractivity contribution in [2.75, 3.05) is 25.5 Å². The van der Waals surface area contributed by atoms with Gasteiger partial charge in [-0.2, -0.15) is 0 Å². The topological polar surface area (TPSA) is 70.7 Å². The molecule has 0 spiro atoms. The molecule has 7 heteroatoms. The van der Waals surface area contributed by atoms with Crippen LogP contribution in [-0.4, -0.2) is 43.0 Å². The van der Waals surface area contributed by atoms with E-state index in [2.05, 4.69) is 33.9 Å². The Balaban J connectivity index is 1.60. The minimum absolute atomic E-state index is 0.0672. The monoisotopic (exact) mass is 479 g/mol. The normalized spacial score (nSPS) is 11.8. The van der Waals surface area contributed by atoms with Gasteiger partial charge in [-0.05, 0) is 67.5 Å². The van der Waals surface area contributed by atoms with Crippen molar-refractivity contribution >= 4 is 28.8 Å². The van der Waals surface area contributed by atoms with Gasteiger partial charge in [0.2, 0.25) is 11.8 Å². The van der Waals surface area contributed by atoms with Crippen molar-refractivity contribution in [1.82, 2.24) is 10.2 Å². The fourth-order valence-corrected chi connectivity index (χ4v) is 4.62. The zero-order valence-corrected chi connectivity index (χ0v) is 21.1. The number of anilines is 1. The highest BCUT2D eigenvalue weighted by molar-refractivity contribution is 7.09. The smallest absolute Gasteiger partial charge is 0.243 e. The van der Waals surface area contributed by atoms with Gasteiger partial charge in [0.15, 0.2) is 0 Å². The molecule has 34 heavy (non-hydrogen) atoms. The second-order valence-corrected chi connectivity index (χ2v) is 9.51. The number of para-hydroxylation sites is 1. The van der Waals surface area contributed by atoms with Crippen molar-refractivity contribution in [3.8, 4) is 5.75 Å². The van der Waals surface area contributed by atoms with Gasteiger partial charge < -0.3 is 15.4 Å². The molecule has 1 heterocycles. The van der Waals surface area contributed by atoms with Crippen molar-refractivity contribution < 1.29 is 14.3 Å². The Labute approximate surface area is 205 Å². The van der Waals surface area contributed by atoms with Gasteiger partial charge in [0, 0.05) is 23.2 Å². The van der Waals surface area contributed by atoms with Crippen LogP contribution in [0.4, 0.5) is 5.69 Å². The van der Waals surface area contributed by atoms with Crippen LogP contribution in [0.3, 0.4) is 0 Å². The highest BCUT2D eigenvalue weighted by Crippen LogP contribution is 2.20. The van der Waals surface area contributed by atoms with Crippen LogP contribution in [-0.2, 0) is 22.6 Å². The first-order valence-corrected chi connectivity index (χ1v) is 12.3. The van der Waals surface area contributed by atoms with E-state index in [1.165, 1.54) is 4.88 Å². The van der Waals surface area contributed by atoms with E-state index in [0.717, 1.165) is 34.5 Å². The zero-order valence-electron chi connectivity index (χ0n) is 20.3. The predicted octanol–water partition coefficient (Wildman–Crippen LogP) is 4.56. The largest absolute Gasteiger partial charge is 0.497 e. The number of hydrogen-bond acceptors (Lipinski definition) is 5. The Bertz CT molecular complexity index is 1060. The van der Waals surface area contributed by atoms with Crippen LogP contribution in [0.25, 0.3) is 0 Å². The summed E-state index contributed by atoms with van der Waals surface area (Å²) in [5, 5.41) is 7.76. The van der Waals surface area contributed by atoms with E-state index < -0.39 is 0 Å². The average Bonchev–Trinajstić information content (AvgIpc) is 3.33. The maximum absolute atomic E-state index is 12.8. The molecule has 1 atom stereocenters. The first-order chi connectivity index (χ1) is 16.4. The minimum Gasteiger partial charge on any atom is -0.497 e. The number of carbonyl (C=O) groups excluding carboxylic acids is 2. The van der Waals surface area contributed by atoms with E-state index >= 15 is 0 Å². The lowest BCUT2D eigenvalue weighted by atomic mass is 10.1. The summed E-state index contributed by atoms with van der Waals surface area (Å²) >= 11 is 1.72. The highest BCUT2D eigenvalue weighted by Gasteiger charge is 2.19. The molecule has 2 aromatic carbocycles. The van der Waals surface area contributed by atoms with Crippen LogP contribution in [0, 0.1) is 13.8 Å². The summed E-state index contributed by atoms with van der Waals surface area (Å²) in [4.78, 5) is 28.7. The third-order valence-corrected chi connectivity index (χ3v) is 6.68. The number of amides is 2. The van der Waals surface area contributed by atoms with Gasteiger partial charge >= 0.3 is 0 Å². The fourth-order valence-electron chi connectivity index (χ4n) is 3.80. The van der Waals surface area contributed by atoms with Gasteiger partial charge in [0.25, 0.3) is 0 Å². The van der Waals surface area contributed by atoms with Crippen LogP contribution in [0.1, 0.15) is 28.5 Å². The summed E-state index contributed by atoms with van der Waals surface area (Å²) in [5.74, 6) is 0.386. The van der Waals surface area contributed by atoms with Gasteiger partial charge in [-0.25, -0.2) is 0 Å². The zero-order chi connectivity index (χ0) is 24.5. The number of hydrogen-bond donors (Lipinski definition) is 2. The third-order valence-electron chi connectivity index (χ3n) is 5.78. The molecule has 0 saturated carbocycles. The van der Waals surface area contributed by atoms with E-state index in [4.69, 9.17) is 4.74 Å². The van der Waals surface area contributed by atoms with Gasteiger partial charge in [0.05, 0.1) is 20.2 Å². The Kier molecular flexibility index (Phi) is 9.24. The van der Waals surface area contributed by atoms with Crippen molar-refractivity contribution in [3.05, 3.63) is 81.5 Å². The van der Waals surface area contributed by atoms with Crippen molar-refractivity contribution in [1.29, 1.82) is 0 Å². The summed E-state index contributed by atoms with van der Waals surface area (Å²) in [6.45, 7) is 6.79. The SMILES string of the molecule is COc1ccc(CN(CC(=O)NCC(=O)Nc2c(C)cccc2C)C(C)Cc2cccs2)cc1. The maximum Gasteiger partial charge on any atom is 0.243 e. The molecular formula is C27H33N3O3S. The number of nitrogens with one attached hydrogen (secondary N) is 2. The number of methoxy groups -OCH3 is 1. The molecule has 180 valence electrons. The Hall–Kier alpha value is -3.16. The molecule has 6 nitrogen and oxygen atoms in total. The molecule has 1 unspecified atom stereocenters. The molecule has 1 aromatic heterocycles. The molecule has 2 N–H and O–H groups in total. The molecule has 3 aromatic rings. The molecule has 0 aliphatic carbocycles. The summed E-state index contributed by atoms with van der Waals surface area (Å²) in [6, 6.07) is 18.0. The van der Waals surface area contributed by atoms with Crippen LogP contribution in [0.15, 0.2) is 60.0 Å². The lowest BCUT2D eigenvalue weighted by Gasteiger charge is -2.28. The fraction of sp³-hybridized carbons (Fsp3) is 0.333. The summed E-state index contributed by atoms with van der Waals surface area (Å²) in [5.41, 5.74) is 3.88. The number of benzene rings is 2. The number of nitrogens with zero attached hydrogens (tertiary/aromatic N) is 1. The average molecular weight is 480 g/mol. The molecule has 2 amide bonds. The molecule has 0 fully saturated rings. The third kappa shape index (κ3) is 7.43. The van der Waals surface area contributed by atoms with Crippen LogP contribution in [0.2, 0.25) is 0 Å². The van der Waals surface area contributed by atoms with Gasteiger partial charge in [-0.1, -0.05) is 36.4 Å². The summed E-state index contributed by atoms with van der Waals surface area (Å²) in [7, 11) is 1.64. The molecule has 0 bridgehead atoms. The van der Waals surface area contributed by atoms with Crippen molar-refractivity contribution in [3.63, 3.8) is 0 Å². The standard InChI is InChI=1S/C27H33N3O3S/c1-19-7-5-8-20(2)27(19)29-25(31)16-28-26(32)18-30(21(3)15-24-9-6-14-34-24)17-22-10-12-23(33-4)13-11-22/h5-14,21H,15-18H2,1-4H3,(H,28,32)(H,29,31). The van der Waals surface area contributed by atoms with E-state index in [9.17, 15) is 9.59 Å². The second-order valence-electron chi connectivity index (χ2n) is 8.48. The van der Waals surface area contributed by atoms with Crippen LogP contribution >= 0.6 is 11.3 Å². The van der Waals surface area contributed by atoms with E-state index in [1.807, 2.05) is 62.4 Å². The van der Waals surface area contributed by atoms with Gasteiger partial charge in [0.1, 0.15) is 5.75 Å². The Morgan fingerprint density at radius 1 is 1.00 bits per heavy atom. The Morgan fingerprint density at radius 2 is 1.71 bits per heavy atom. The molecule has 3 rings (SSSR count). The molecule has 0 saturated heterocycles. The van der Waals surface area contributed by atoms with E-state index in [0.29, 0.717) is 6.54 Å². The number of ether oxygens (including phenoxy) is 1.